The van der Waals surface area contributed by atoms with Gasteiger partial charge in [0.05, 0.1) is 12.0 Å². The van der Waals surface area contributed by atoms with Crippen LogP contribution in [0.15, 0.2) is 18.2 Å². The monoisotopic (exact) mass is 251 g/mol. The molecule has 0 atom stereocenters. The van der Waals surface area contributed by atoms with E-state index in [0.717, 1.165) is 25.9 Å². The molecule has 1 fully saturated rings. The van der Waals surface area contributed by atoms with E-state index in [4.69, 9.17) is 16.3 Å². The third kappa shape index (κ3) is 1.94. The Hall–Kier alpha value is -1.06. The maximum Gasteiger partial charge on any atom is 0.170 e. The van der Waals surface area contributed by atoms with Crippen LogP contribution in [-0.4, -0.2) is 24.5 Å². The van der Waals surface area contributed by atoms with Crippen LogP contribution < -0.4 is 10.1 Å². The third-order valence-corrected chi connectivity index (χ3v) is 3.80. The number of carbonyl (C=O) groups excluding carboxylic acids is 1. The van der Waals surface area contributed by atoms with Gasteiger partial charge in [0.25, 0.3) is 0 Å². The van der Waals surface area contributed by atoms with E-state index in [1.807, 2.05) is 0 Å². The first kappa shape index (κ1) is 11.1. The number of ether oxygens (including phenoxy) is 1. The molecule has 1 aromatic rings. The third-order valence-electron chi connectivity index (χ3n) is 3.57. The van der Waals surface area contributed by atoms with Gasteiger partial charge < -0.3 is 10.1 Å². The van der Waals surface area contributed by atoms with E-state index in [2.05, 4.69) is 5.32 Å². The van der Waals surface area contributed by atoms with Gasteiger partial charge in [-0.1, -0.05) is 11.6 Å². The number of piperidine rings is 1. The number of rotatable bonds is 0. The Labute approximate surface area is 105 Å². The summed E-state index contributed by atoms with van der Waals surface area (Å²) in [6.07, 6.45) is 2.25. The molecule has 0 amide bonds. The number of hydrogen-bond acceptors (Lipinski definition) is 3. The average molecular weight is 252 g/mol. The smallest absolute Gasteiger partial charge is 0.170 e. The Morgan fingerprint density at radius 2 is 2.06 bits per heavy atom. The summed E-state index contributed by atoms with van der Waals surface area (Å²) in [5.41, 5.74) is 0.360. The van der Waals surface area contributed by atoms with Crippen LogP contribution in [0.4, 0.5) is 0 Å². The van der Waals surface area contributed by atoms with E-state index in [1.165, 1.54) is 0 Å². The summed E-state index contributed by atoms with van der Waals surface area (Å²) in [4.78, 5) is 12.1. The maximum atomic E-state index is 12.1. The quantitative estimate of drug-likeness (QED) is 0.770. The summed E-state index contributed by atoms with van der Waals surface area (Å²) < 4.78 is 6.07. The molecule has 2 aliphatic rings. The molecule has 4 heteroatoms. The van der Waals surface area contributed by atoms with Crippen molar-refractivity contribution in [1.82, 2.24) is 5.32 Å². The zero-order chi connectivity index (χ0) is 11.9. The number of nitrogens with one attached hydrogen (secondary N) is 1. The van der Waals surface area contributed by atoms with Crippen LogP contribution >= 0.6 is 11.6 Å². The fourth-order valence-electron chi connectivity index (χ4n) is 2.63. The summed E-state index contributed by atoms with van der Waals surface area (Å²) in [6.45, 7) is 1.81. The van der Waals surface area contributed by atoms with Crippen molar-refractivity contribution in [2.24, 2.45) is 0 Å². The molecular formula is C13H14ClNO2. The highest BCUT2D eigenvalue weighted by Crippen LogP contribution is 2.39. The standard InChI is InChI=1S/C13H14ClNO2/c14-9-1-2-10-11(16)8-13(17-12(10)7-9)3-5-15-6-4-13/h1-2,7,15H,3-6,8H2. The van der Waals surface area contributed by atoms with Crippen molar-refractivity contribution in [1.29, 1.82) is 0 Å². The van der Waals surface area contributed by atoms with Crippen LogP contribution in [0.2, 0.25) is 5.02 Å². The van der Waals surface area contributed by atoms with E-state index >= 15 is 0 Å². The molecule has 17 heavy (non-hydrogen) atoms. The summed E-state index contributed by atoms with van der Waals surface area (Å²) >= 11 is 5.95. The first-order valence-electron chi connectivity index (χ1n) is 5.91. The van der Waals surface area contributed by atoms with Crippen LogP contribution in [0.25, 0.3) is 0 Å². The molecule has 1 saturated heterocycles. The van der Waals surface area contributed by atoms with Crippen LogP contribution in [-0.2, 0) is 0 Å². The lowest BCUT2D eigenvalue weighted by atomic mass is 9.83. The van der Waals surface area contributed by atoms with Gasteiger partial charge >= 0.3 is 0 Å². The van der Waals surface area contributed by atoms with Crippen molar-refractivity contribution in [2.75, 3.05) is 13.1 Å². The van der Waals surface area contributed by atoms with Crippen molar-refractivity contribution in [3.8, 4) is 5.75 Å². The zero-order valence-electron chi connectivity index (χ0n) is 9.46. The molecule has 0 bridgehead atoms. The first-order valence-corrected chi connectivity index (χ1v) is 6.29. The minimum absolute atomic E-state index is 0.171. The molecule has 0 unspecified atom stereocenters. The average Bonchev–Trinajstić information content (AvgIpc) is 2.29. The summed E-state index contributed by atoms with van der Waals surface area (Å²) in [6, 6.07) is 5.24. The van der Waals surface area contributed by atoms with Gasteiger partial charge in [0, 0.05) is 17.9 Å². The molecule has 0 aromatic heterocycles. The second kappa shape index (κ2) is 4.00. The lowest BCUT2D eigenvalue weighted by molar-refractivity contribution is 0.0188. The molecule has 3 nitrogen and oxygen atoms in total. The molecule has 0 saturated carbocycles. The molecule has 1 spiro atoms. The van der Waals surface area contributed by atoms with Crippen molar-refractivity contribution in [3.63, 3.8) is 0 Å². The fourth-order valence-corrected chi connectivity index (χ4v) is 2.79. The number of carbonyl (C=O) groups is 1. The Kier molecular flexibility index (Phi) is 2.60. The van der Waals surface area contributed by atoms with Gasteiger partial charge in [-0.3, -0.25) is 4.79 Å². The number of Topliss-reactive ketones (excluding diaryl/α,β-unsaturated/α-hetero) is 1. The molecule has 1 N–H and O–H groups in total. The van der Waals surface area contributed by atoms with Crippen molar-refractivity contribution < 1.29 is 9.53 Å². The van der Waals surface area contributed by atoms with E-state index in [0.29, 0.717) is 22.8 Å². The van der Waals surface area contributed by atoms with Gasteiger partial charge in [0.1, 0.15) is 11.4 Å². The Balaban J connectivity index is 1.98. The highest BCUT2D eigenvalue weighted by atomic mass is 35.5. The second-order valence-electron chi connectivity index (χ2n) is 4.78. The molecule has 0 aliphatic carbocycles. The fraction of sp³-hybridized carbons (Fsp3) is 0.462. The van der Waals surface area contributed by atoms with Gasteiger partial charge in [-0.05, 0) is 31.3 Å². The molecule has 90 valence electrons. The van der Waals surface area contributed by atoms with Crippen molar-refractivity contribution >= 4 is 17.4 Å². The number of halogens is 1. The highest BCUT2D eigenvalue weighted by molar-refractivity contribution is 6.30. The minimum atomic E-state index is -0.306. The van der Waals surface area contributed by atoms with Crippen molar-refractivity contribution in [3.05, 3.63) is 28.8 Å². The topological polar surface area (TPSA) is 38.3 Å². The lowest BCUT2D eigenvalue weighted by Crippen LogP contribution is -2.49. The van der Waals surface area contributed by atoms with Crippen LogP contribution in [0.3, 0.4) is 0 Å². The molecule has 0 radical (unpaired) electrons. The minimum Gasteiger partial charge on any atom is -0.486 e. The van der Waals surface area contributed by atoms with Crippen LogP contribution in [0.1, 0.15) is 29.6 Å². The summed E-state index contributed by atoms with van der Waals surface area (Å²) in [5, 5.41) is 3.90. The van der Waals surface area contributed by atoms with E-state index < -0.39 is 0 Å². The Morgan fingerprint density at radius 1 is 1.29 bits per heavy atom. The molecule has 3 rings (SSSR count). The van der Waals surface area contributed by atoms with E-state index in [1.54, 1.807) is 18.2 Å². The molecular weight excluding hydrogens is 238 g/mol. The highest BCUT2D eigenvalue weighted by Gasteiger charge is 2.41. The number of ketones is 1. The predicted molar refractivity (Wildman–Crippen MR) is 65.9 cm³/mol. The lowest BCUT2D eigenvalue weighted by Gasteiger charge is -2.40. The second-order valence-corrected chi connectivity index (χ2v) is 5.21. The van der Waals surface area contributed by atoms with Crippen molar-refractivity contribution in [2.45, 2.75) is 24.9 Å². The van der Waals surface area contributed by atoms with Gasteiger partial charge in [0.15, 0.2) is 5.78 Å². The largest absolute Gasteiger partial charge is 0.486 e. The van der Waals surface area contributed by atoms with Crippen LogP contribution in [0, 0.1) is 0 Å². The van der Waals surface area contributed by atoms with Gasteiger partial charge in [-0.15, -0.1) is 0 Å². The van der Waals surface area contributed by atoms with E-state index in [-0.39, 0.29) is 11.4 Å². The summed E-state index contributed by atoms with van der Waals surface area (Å²) in [7, 11) is 0. The predicted octanol–water partition coefficient (Wildman–Crippen LogP) is 2.43. The normalized spacial score (nSPS) is 22.1. The number of benzene rings is 1. The summed E-state index contributed by atoms with van der Waals surface area (Å²) in [5.74, 6) is 0.820. The maximum absolute atomic E-state index is 12.1. The number of fused-ring (bicyclic) bond motifs is 1. The zero-order valence-corrected chi connectivity index (χ0v) is 10.2. The van der Waals surface area contributed by atoms with Gasteiger partial charge in [-0.25, -0.2) is 0 Å². The Morgan fingerprint density at radius 3 is 2.82 bits per heavy atom. The molecule has 1 aromatic carbocycles. The van der Waals surface area contributed by atoms with Gasteiger partial charge in [0.2, 0.25) is 0 Å². The molecule has 2 heterocycles. The SMILES string of the molecule is O=C1CC2(CCNCC2)Oc2cc(Cl)ccc21. The number of hydrogen-bond donors (Lipinski definition) is 1. The van der Waals surface area contributed by atoms with Gasteiger partial charge in [-0.2, -0.15) is 0 Å². The van der Waals surface area contributed by atoms with Crippen LogP contribution in [0.5, 0.6) is 5.75 Å². The van der Waals surface area contributed by atoms with E-state index in [9.17, 15) is 4.79 Å². The molecule has 2 aliphatic heterocycles. The first-order chi connectivity index (χ1) is 8.19. The Bertz CT molecular complexity index is 466.